The van der Waals surface area contributed by atoms with E-state index in [0.29, 0.717) is 16.5 Å². The van der Waals surface area contributed by atoms with Crippen LogP contribution in [0.3, 0.4) is 0 Å². The minimum Gasteiger partial charge on any atom is -0.310 e. The lowest BCUT2D eigenvalue weighted by Gasteiger charge is -2.27. The number of rotatable bonds is 6. The van der Waals surface area contributed by atoms with E-state index in [1.807, 2.05) is 12.1 Å². The minimum absolute atomic E-state index is 0.195. The Hall–Kier alpha value is -7.10. The van der Waals surface area contributed by atoms with Crippen molar-refractivity contribution in [3.05, 3.63) is 188 Å². The highest BCUT2D eigenvalue weighted by Gasteiger charge is 2.19. The third-order valence-corrected chi connectivity index (χ3v) is 12.2. The van der Waals surface area contributed by atoms with E-state index in [1.165, 1.54) is 48.6 Å². The predicted octanol–water partition coefficient (Wildman–Crippen LogP) is 9.02. The molecule has 0 atom stereocenters. The summed E-state index contributed by atoms with van der Waals surface area (Å²) in [6.07, 6.45) is 0. The molecule has 11 rings (SSSR count). The van der Waals surface area contributed by atoms with Gasteiger partial charge in [0.15, 0.2) is 0 Å². The molecule has 1 heterocycles. The fourth-order valence-electron chi connectivity index (χ4n) is 9.12. The second-order valence-electron chi connectivity index (χ2n) is 15.7. The van der Waals surface area contributed by atoms with Crippen molar-refractivity contribution in [3.8, 4) is 27.9 Å². The van der Waals surface area contributed by atoms with Crippen molar-refractivity contribution in [2.45, 2.75) is 0 Å². The molecule has 0 spiro atoms. The second kappa shape index (κ2) is 14.6. The summed E-state index contributed by atoms with van der Waals surface area (Å²) >= 11 is 0. The minimum atomic E-state index is 0.195. The molecule has 7 heteroatoms. The molecule has 0 unspecified atom stereocenters. The van der Waals surface area contributed by atoms with Crippen LogP contribution in [-0.4, -0.2) is 43.8 Å². The van der Waals surface area contributed by atoms with Gasteiger partial charge in [0, 0.05) is 38.9 Å². The Morgan fingerprint density at radius 1 is 0.328 bits per heavy atom. The molecule has 0 aliphatic heterocycles. The molecule has 0 bridgehead atoms. The number of nitrogens with zero attached hydrogens (tertiary/aromatic N) is 2. The molecular formula is C54H31B5N2. The molecule has 2 nitrogen and oxygen atoms in total. The molecule has 0 amide bonds. The van der Waals surface area contributed by atoms with Crippen molar-refractivity contribution in [2.24, 2.45) is 0 Å². The average Bonchev–Trinajstić information content (AvgIpc) is 3.65. The maximum absolute atomic E-state index is 6.48. The highest BCUT2D eigenvalue weighted by Crippen LogP contribution is 2.41. The monoisotopic (exact) mass is 762 g/mol. The van der Waals surface area contributed by atoms with Gasteiger partial charge in [-0.3, -0.25) is 0 Å². The van der Waals surface area contributed by atoms with E-state index in [2.05, 4.69) is 185 Å². The van der Waals surface area contributed by atoms with E-state index >= 15 is 0 Å². The van der Waals surface area contributed by atoms with Gasteiger partial charge in [-0.2, -0.15) is 0 Å². The first-order chi connectivity index (χ1) is 29.8. The van der Waals surface area contributed by atoms with Gasteiger partial charge in [0.1, 0.15) is 39.2 Å². The first-order valence-electron chi connectivity index (χ1n) is 20.3. The van der Waals surface area contributed by atoms with Crippen LogP contribution in [0.4, 0.5) is 17.1 Å². The molecule has 0 aliphatic rings. The van der Waals surface area contributed by atoms with E-state index in [9.17, 15) is 0 Å². The van der Waals surface area contributed by atoms with Crippen LogP contribution in [-0.2, 0) is 0 Å². The van der Waals surface area contributed by atoms with Gasteiger partial charge in [-0.05, 0) is 104 Å². The number of para-hydroxylation sites is 1. The fourth-order valence-corrected chi connectivity index (χ4v) is 9.12. The van der Waals surface area contributed by atoms with E-state index in [4.69, 9.17) is 39.2 Å². The summed E-state index contributed by atoms with van der Waals surface area (Å²) in [4.78, 5) is 2.27. The Kier molecular flexibility index (Phi) is 8.82. The van der Waals surface area contributed by atoms with Crippen molar-refractivity contribution in [1.82, 2.24) is 4.57 Å². The number of fused-ring (bicyclic) bond motifs is 8. The molecule has 0 saturated heterocycles. The Balaban J connectivity index is 1.05. The van der Waals surface area contributed by atoms with Crippen LogP contribution in [0, 0.1) is 0 Å². The maximum atomic E-state index is 6.48. The number of aromatic nitrogens is 1. The van der Waals surface area contributed by atoms with Crippen molar-refractivity contribution in [1.29, 1.82) is 0 Å². The highest BCUT2D eigenvalue weighted by molar-refractivity contribution is 6.68. The topological polar surface area (TPSA) is 8.17 Å². The molecule has 0 saturated carbocycles. The number of anilines is 3. The largest absolute Gasteiger partial charge is 0.310 e. The standard InChI is InChI=1S/C54H31B5N2/c55-49-48(50(56)52(58)53(59)51(49)57)36-19-25-40(26-20-36)60(41-27-18-35-15-14-33-8-4-6-12-42(33)46(35)31-41)39-23-16-32(17-24-39)37-22-28-44-45-29-21-34-9-5-7-13-43(34)54(45)61(47(44)30-37)38-10-2-1-3-11-38/h1-31H. The SMILES string of the molecule is [B]c1c([B])c([B])c(-c2ccc(N(c3ccc(-c4ccc5c6ccc7ccccc7c6n(-c6ccccc6)c5c4)cc3)c3ccc4ccc5ccccc5c4c3)cc2)c([B])c1[B]. The van der Waals surface area contributed by atoms with Gasteiger partial charge >= 0.3 is 0 Å². The third-order valence-electron chi connectivity index (χ3n) is 12.2. The van der Waals surface area contributed by atoms with Gasteiger partial charge in [-0.15, -0.1) is 16.4 Å². The van der Waals surface area contributed by atoms with Gasteiger partial charge in [-0.1, -0.05) is 144 Å². The average molecular weight is 762 g/mol. The lowest BCUT2D eigenvalue weighted by molar-refractivity contribution is 1.19. The summed E-state index contributed by atoms with van der Waals surface area (Å²) in [7, 11) is 31.6. The number of hydrogen-bond acceptors (Lipinski definition) is 1. The Morgan fingerprint density at radius 2 is 0.820 bits per heavy atom. The predicted molar refractivity (Wildman–Crippen MR) is 266 cm³/mol. The third kappa shape index (κ3) is 6.02. The van der Waals surface area contributed by atoms with Crippen molar-refractivity contribution in [3.63, 3.8) is 0 Å². The lowest BCUT2D eigenvalue weighted by atomic mass is 9.60. The maximum Gasteiger partial charge on any atom is 0.113 e. The summed E-state index contributed by atoms with van der Waals surface area (Å²) in [6.45, 7) is 0. The van der Waals surface area contributed by atoms with Gasteiger partial charge in [0.05, 0.1) is 11.0 Å². The zero-order chi connectivity index (χ0) is 41.4. The highest BCUT2D eigenvalue weighted by atomic mass is 15.1. The van der Waals surface area contributed by atoms with Gasteiger partial charge < -0.3 is 9.47 Å². The molecule has 0 fully saturated rings. The van der Waals surface area contributed by atoms with Gasteiger partial charge in [-0.25, -0.2) is 0 Å². The fraction of sp³-hybridized carbons (Fsp3) is 0. The molecular weight excluding hydrogens is 731 g/mol. The van der Waals surface area contributed by atoms with Gasteiger partial charge in [0.25, 0.3) is 0 Å². The van der Waals surface area contributed by atoms with Crippen LogP contribution >= 0.6 is 0 Å². The molecule has 11 aromatic rings. The second-order valence-corrected chi connectivity index (χ2v) is 15.7. The van der Waals surface area contributed by atoms with Crippen LogP contribution in [0.15, 0.2) is 188 Å². The molecule has 1 aromatic heterocycles. The van der Waals surface area contributed by atoms with E-state index in [-0.39, 0.29) is 16.4 Å². The number of benzene rings is 10. The quantitative estimate of drug-likeness (QED) is 0.121. The Bertz CT molecular complexity index is 3490. The first kappa shape index (κ1) is 36.9. The summed E-state index contributed by atoms with van der Waals surface area (Å²) in [5, 5.41) is 9.65. The molecule has 10 radical (unpaired) electrons. The summed E-state index contributed by atoms with van der Waals surface area (Å²) in [5.74, 6) is 0. The van der Waals surface area contributed by atoms with Crippen LogP contribution < -0.4 is 32.2 Å². The molecule has 0 aliphatic carbocycles. The molecule has 10 aromatic carbocycles. The summed E-state index contributed by atoms with van der Waals surface area (Å²) < 4.78 is 2.41. The van der Waals surface area contributed by atoms with Crippen molar-refractivity contribution in [2.75, 3.05) is 4.90 Å². The van der Waals surface area contributed by atoms with Gasteiger partial charge in [0.2, 0.25) is 0 Å². The Morgan fingerprint density at radius 3 is 1.51 bits per heavy atom. The van der Waals surface area contributed by atoms with Crippen molar-refractivity contribution >= 4 is 138 Å². The zero-order valence-electron chi connectivity index (χ0n) is 33.2. The summed E-state index contributed by atoms with van der Waals surface area (Å²) in [5.41, 5.74) is 11.3. The lowest BCUT2D eigenvalue weighted by Crippen LogP contribution is -2.55. The number of hydrogen-bond donors (Lipinski definition) is 0. The van der Waals surface area contributed by atoms with E-state index in [0.717, 1.165) is 45.0 Å². The first-order valence-corrected chi connectivity index (χ1v) is 20.3. The smallest absolute Gasteiger partial charge is 0.113 e. The van der Waals surface area contributed by atoms with Crippen LogP contribution in [0.5, 0.6) is 0 Å². The van der Waals surface area contributed by atoms with Crippen LogP contribution in [0.2, 0.25) is 0 Å². The summed E-state index contributed by atoms with van der Waals surface area (Å²) in [6, 6.07) is 67.0. The van der Waals surface area contributed by atoms with Crippen LogP contribution in [0.1, 0.15) is 0 Å². The van der Waals surface area contributed by atoms with E-state index < -0.39 is 0 Å². The van der Waals surface area contributed by atoms with Crippen LogP contribution in [0.25, 0.3) is 82.1 Å². The molecule has 0 N–H and O–H groups in total. The normalized spacial score (nSPS) is 11.6. The van der Waals surface area contributed by atoms with Crippen molar-refractivity contribution < 1.29 is 0 Å². The van der Waals surface area contributed by atoms with E-state index in [1.54, 1.807) is 0 Å². The zero-order valence-corrected chi connectivity index (χ0v) is 33.2. The molecule has 61 heavy (non-hydrogen) atoms. The Labute approximate surface area is 361 Å². The molecule has 272 valence electrons.